The third-order valence-corrected chi connectivity index (χ3v) is 9.53. The van der Waals surface area contributed by atoms with Gasteiger partial charge in [0.15, 0.2) is 0 Å². The number of nitrogens with one attached hydrogen (secondary N) is 8. The van der Waals surface area contributed by atoms with Crippen molar-refractivity contribution in [3.05, 3.63) is 0 Å². The van der Waals surface area contributed by atoms with E-state index in [9.17, 15) is 61.8 Å². The molecule has 0 aliphatic rings. The van der Waals surface area contributed by atoms with Crippen LogP contribution in [0, 0.1) is 0 Å². The number of carbonyl (C=O) groups excluding carboxylic acids is 5. The van der Waals surface area contributed by atoms with Crippen molar-refractivity contribution >= 4 is 59.9 Å². The smallest absolute Gasteiger partial charge is 0.778 e. The molecule has 0 spiro atoms. The van der Waals surface area contributed by atoms with Gasteiger partial charge < -0.3 is 99.9 Å². The molecule has 12 N–H and O–H groups in total. The maximum Gasteiger partial charge on any atom is 1.00 e. The molecule has 0 aromatic rings. The van der Waals surface area contributed by atoms with Crippen LogP contribution in [0.1, 0.15) is 33.1 Å². The molecule has 4 atom stereocenters. The van der Waals surface area contributed by atoms with E-state index in [1.165, 1.54) is 0 Å². The topological polar surface area (TPSA) is 430 Å². The summed E-state index contributed by atoms with van der Waals surface area (Å²) in [6, 6.07) is 0. The second-order valence-corrected chi connectivity index (χ2v) is 18.5. The average molecular weight is 1010 g/mol. The van der Waals surface area contributed by atoms with Gasteiger partial charge >= 0.3 is 118 Å². The first-order chi connectivity index (χ1) is 26.7. The minimum atomic E-state index is -4.90. The number of amides is 5. The average Bonchev–Trinajstić information content (AvgIpc) is 3.04. The van der Waals surface area contributed by atoms with E-state index in [4.69, 9.17) is 19.6 Å². The van der Waals surface area contributed by atoms with Gasteiger partial charge in [0, 0.05) is 78.2 Å². The number of hydrogen-bond acceptors (Lipinski definition) is 18. The van der Waals surface area contributed by atoms with Gasteiger partial charge in [-0.3, -0.25) is 33.8 Å². The van der Waals surface area contributed by atoms with Crippen LogP contribution in [0.5, 0.6) is 0 Å². The molecule has 0 bridgehead atoms. The van der Waals surface area contributed by atoms with E-state index < -0.39 is 80.4 Å². The Balaban J connectivity index is -0.000000245. The van der Waals surface area contributed by atoms with Crippen molar-refractivity contribution in [1.82, 2.24) is 52.3 Å². The molecule has 4 unspecified atom stereocenters. The number of carbonyl (C=O) groups is 5. The van der Waals surface area contributed by atoms with Gasteiger partial charge in [-0.05, 0) is 13.1 Å². The van der Waals surface area contributed by atoms with Crippen LogP contribution in [0.3, 0.4) is 0 Å². The molecule has 0 aliphatic carbocycles. The van der Waals surface area contributed by atoms with Crippen molar-refractivity contribution in [2.75, 3.05) is 110 Å². The second kappa shape index (κ2) is 42.8. The molecule has 0 aliphatic heterocycles. The molecule has 5 amide bonds. The van der Waals surface area contributed by atoms with Crippen LogP contribution in [-0.4, -0.2) is 169 Å². The van der Waals surface area contributed by atoms with Crippen LogP contribution in [0.25, 0.3) is 0 Å². The maximum atomic E-state index is 11.8. The first kappa shape index (κ1) is 75.3. The van der Waals surface area contributed by atoms with Crippen LogP contribution < -0.4 is 180 Å². The molecule has 62 heavy (non-hydrogen) atoms. The van der Waals surface area contributed by atoms with E-state index in [1.54, 1.807) is 0 Å². The van der Waals surface area contributed by atoms with E-state index in [2.05, 4.69) is 42.5 Å². The molecule has 0 saturated heterocycles. The molecule has 0 aromatic carbocycles. The minimum Gasteiger partial charge on any atom is -0.778 e. The van der Waals surface area contributed by atoms with Crippen LogP contribution in [-0.2, 0) is 42.2 Å². The minimum absolute atomic E-state index is 0. The monoisotopic (exact) mass is 1010 g/mol. The first-order valence-electron chi connectivity index (χ1n) is 17.8. The summed E-state index contributed by atoms with van der Waals surface area (Å²) in [5.74, 6) is -2.05. The molecule has 0 fully saturated rings. The molecule has 0 heterocycles. The van der Waals surface area contributed by atoms with Gasteiger partial charge in [-0.25, -0.2) is 0 Å². The Morgan fingerprint density at radius 1 is 0.403 bits per heavy atom. The zero-order valence-corrected chi connectivity index (χ0v) is 48.0. The summed E-state index contributed by atoms with van der Waals surface area (Å²) < 4.78 is 43.5. The largest absolute Gasteiger partial charge is 1.00 e. The van der Waals surface area contributed by atoms with Crippen LogP contribution >= 0.6 is 30.4 Å². The standard InChI is InChI=1S/C16H36N6O9P2.C11H26N4O8P2.4Na/c1-2-17-5-3-14(23)19-8-7-18-6-4-15(24)20-9-10-21-16(25)11-22(12-32(26,27)28)13-33(29,30)31;1-2-12-4-3-10(16)13-5-6-14-11(17)7-15(8-24(18,19)20)9-25(21,22)23;;;;/h17-18H,2-13H2,1H3,(H,19,23)(H,20,24)(H,21,25)(H2,26,27,28)(H2,29,30,31);12H,2-9H2,1H3,(H,13,16)(H,14,17)(H2,18,19,20)(H2,21,22,23);;;;/q;;4*+1/p-4. The Bertz CT molecular complexity index is 1400. The van der Waals surface area contributed by atoms with Crippen molar-refractivity contribution < 1.29 is 200 Å². The zero-order valence-electron chi connectivity index (χ0n) is 36.4. The SMILES string of the molecule is CCNCCC(=O)NCCNC(=O)CN(CP(=O)([O-])O)CP(=O)([O-])O.CCNCCC(=O)NCCNCCC(=O)NCCNC(=O)CN(CP(=O)([O-])O)CP(=O)([O-])O.[Na+].[Na+].[Na+].[Na+]. The van der Waals surface area contributed by atoms with E-state index in [-0.39, 0.29) is 175 Å². The predicted molar refractivity (Wildman–Crippen MR) is 201 cm³/mol. The van der Waals surface area contributed by atoms with Crippen molar-refractivity contribution in [3.8, 4) is 0 Å². The van der Waals surface area contributed by atoms with Crippen molar-refractivity contribution in [1.29, 1.82) is 0 Å². The Kier molecular flexibility index (Phi) is 52.0. The number of rotatable bonds is 32. The van der Waals surface area contributed by atoms with E-state index in [0.717, 1.165) is 13.1 Å². The Hall–Kier alpha value is 1.75. The van der Waals surface area contributed by atoms with Gasteiger partial charge in [0.2, 0.25) is 29.5 Å². The maximum absolute atomic E-state index is 11.8. The molecule has 342 valence electrons. The summed E-state index contributed by atoms with van der Waals surface area (Å²) in [5, 5.41) is 21.6. The van der Waals surface area contributed by atoms with Crippen molar-refractivity contribution in [2.24, 2.45) is 0 Å². The number of hydrogen-bond donors (Lipinski definition) is 12. The Labute approximate surface area is 450 Å². The van der Waals surface area contributed by atoms with E-state index >= 15 is 0 Å². The third kappa shape index (κ3) is 57.9. The van der Waals surface area contributed by atoms with Gasteiger partial charge in [0.25, 0.3) is 0 Å². The van der Waals surface area contributed by atoms with Gasteiger partial charge in [-0.1, -0.05) is 13.8 Å². The molecular formula is C27H58N10Na4O17P4. The number of nitrogens with zero attached hydrogens (tertiary/aromatic N) is 2. The Morgan fingerprint density at radius 2 is 0.629 bits per heavy atom. The summed E-state index contributed by atoms with van der Waals surface area (Å²) >= 11 is 0. The third-order valence-electron chi connectivity index (χ3n) is 6.50. The molecular weight excluding hydrogens is 952 g/mol. The molecule has 0 aromatic heterocycles. The van der Waals surface area contributed by atoms with Gasteiger partial charge in [-0.15, -0.1) is 0 Å². The van der Waals surface area contributed by atoms with Gasteiger partial charge in [0.05, 0.1) is 38.2 Å². The summed E-state index contributed by atoms with van der Waals surface area (Å²) in [6.45, 7) is 6.73. The quantitative estimate of drug-likeness (QED) is 0.0169. The second-order valence-electron chi connectivity index (χ2n) is 12.2. The summed E-state index contributed by atoms with van der Waals surface area (Å²) in [7, 11) is -19.5. The van der Waals surface area contributed by atoms with E-state index in [1.807, 2.05) is 13.8 Å². The van der Waals surface area contributed by atoms with Gasteiger partial charge in [-0.2, -0.15) is 0 Å². The molecule has 35 heteroatoms. The van der Waals surface area contributed by atoms with Crippen molar-refractivity contribution in [2.45, 2.75) is 33.1 Å². The van der Waals surface area contributed by atoms with E-state index in [0.29, 0.717) is 48.9 Å². The van der Waals surface area contributed by atoms with Crippen LogP contribution in [0.4, 0.5) is 0 Å². The molecule has 0 rings (SSSR count). The summed E-state index contributed by atoms with van der Waals surface area (Å²) in [5.41, 5.74) is 0. The van der Waals surface area contributed by atoms with Gasteiger partial charge in [0.1, 0.15) is 30.4 Å². The Morgan fingerprint density at radius 3 is 0.871 bits per heavy atom. The first-order valence-corrected chi connectivity index (χ1v) is 24.8. The fraction of sp³-hybridized carbons (Fsp3) is 0.815. The van der Waals surface area contributed by atoms with Crippen LogP contribution in [0.15, 0.2) is 0 Å². The van der Waals surface area contributed by atoms with Crippen LogP contribution in [0.2, 0.25) is 0 Å². The summed E-state index contributed by atoms with van der Waals surface area (Å²) in [6.07, 6.45) is -3.62. The predicted octanol–water partition coefficient (Wildman–Crippen LogP) is -19.8. The van der Waals surface area contributed by atoms with Crippen molar-refractivity contribution in [3.63, 3.8) is 0 Å². The zero-order chi connectivity index (χ0) is 44.8. The normalized spacial score (nSPS) is 14.4. The molecule has 0 saturated carbocycles. The summed E-state index contributed by atoms with van der Waals surface area (Å²) in [4.78, 5) is 138. The fourth-order valence-corrected chi connectivity index (χ4v) is 7.40. The fourth-order valence-electron chi connectivity index (χ4n) is 4.27. The molecule has 27 nitrogen and oxygen atoms in total. The molecule has 0 radical (unpaired) electrons.